The summed E-state index contributed by atoms with van der Waals surface area (Å²) in [6.07, 6.45) is 4.87. The number of carbonyl (C=O) groups is 1. The first-order valence-electron chi connectivity index (χ1n) is 8.63. The van der Waals surface area contributed by atoms with E-state index in [1.54, 1.807) is 40.2 Å². The maximum Gasteiger partial charge on any atom is 0.274 e. The number of rotatable bonds is 3. The summed E-state index contributed by atoms with van der Waals surface area (Å²) in [5.74, 6) is -0.103. The number of carbonyl (C=O) groups excluding carboxylic acids is 1. The summed E-state index contributed by atoms with van der Waals surface area (Å²) in [5.41, 5.74) is 2.87. The van der Waals surface area contributed by atoms with Crippen LogP contribution in [0.3, 0.4) is 0 Å². The lowest BCUT2D eigenvalue weighted by Crippen LogP contribution is -2.46. The van der Waals surface area contributed by atoms with E-state index in [9.17, 15) is 4.79 Å². The molecule has 1 N–H and O–H groups in total. The Balaban J connectivity index is 1.77. The lowest BCUT2D eigenvalue weighted by atomic mass is 10.2. The summed E-state index contributed by atoms with van der Waals surface area (Å²) >= 11 is 0. The van der Waals surface area contributed by atoms with E-state index < -0.39 is 0 Å². The summed E-state index contributed by atoms with van der Waals surface area (Å²) in [5, 5.41) is 16.8. The van der Waals surface area contributed by atoms with Gasteiger partial charge in [0.2, 0.25) is 0 Å². The minimum absolute atomic E-state index is 0.103. The fourth-order valence-electron chi connectivity index (χ4n) is 2.99. The van der Waals surface area contributed by atoms with Gasteiger partial charge in [-0.3, -0.25) is 14.8 Å². The number of nitrogens with zero attached hydrogens (tertiary/aromatic N) is 6. The summed E-state index contributed by atoms with van der Waals surface area (Å²) in [7, 11) is 0. The van der Waals surface area contributed by atoms with Gasteiger partial charge in [0.1, 0.15) is 6.07 Å². The second-order valence-corrected chi connectivity index (χ2v) is 6.12. The van der Waals surface area contributed by atoms with Crippen molar-refractivity contribution in [2.75, 3.05) is 26.2 Å². The summed E-state index contributed by atoms with van der Waals surface area (Å²) in [4.78, 5) is 23.2. The van der Waals surface area contributed by atoms with Crippen molar-refractivity contribution >= 4 is 5.91 Å². The molecule has 0 bridgehead atoms. The molecule has 8 heteroatoms. The van der Waals surface area contributed by atoms with Crippen molar-refractivity contribution in [1.82, 2.24) is 30.0 Å². The Morgan fingerprint density at radius 1 is 1.19 bits per heavy atom. The van der Waals surface area contributed by atoms with Crippen molar-refractivity contribution in [3.05, 3.63) is 60.2 Å². The molecule has 1 aliphatic rings. The van der Waals surface area contributed by atoms with Gasteiger partial charge in [-0.25, -0.2) is 4.68 Å². The Hall–Kier alpha value is -3.57. The zero-order valence-electron chi connectivity index (χ0n) is 14.5. The Labute approximate surface area is 156 Å². The van der Waals surface area contributed by atoms with Gasteiger partial charge in [0.25, 0.3) is 5.91 Å². The molecule has 0 aromatic carbocycles. The van der Waals surface area contributed by atoms with Gasteiger partial charge in [0.15, 0.2) is 5.69 Å². The Morgan fingerprint density at radius 3 is 2.70 bits per heavy atom. The fraction of sp³-hybridized carbons (Fsp3) is 0.211. The van der Waals surface area contributed by atoms with Crippen molar-refractivity contribution in [2.24, 2.45) is 0 Å². The molecule has 0 radical (unpaired) electrons. The average molecular weight is 359 g/mol. The largest absolute Gasteiger partial charge is 0.335 e. The van der Waals surface area contributed by atoms with Crippen LogP contribution in [0, 0.1) is 11.3 Å². The lowest BCUT2D eigenvalue weighted by Gasteiger charge is -2.26. The molecule has 4 rings (SSSR count). The van der Waals surface area contributed by atoms with Gasteiger partial charge in [-0.2, -0.15) is 10.4 Å². The molecular formula is C19H17N7O. The third kappa shape index (κ3) is 3.41. The van der Waals surface area contributed by atoms with E-state index >= 15 is 0 Å². The fourth-order valence-corrected chi connectivity index (χ4v) is 2.99. The van der Waals surface area contributed by atoms with Gasteiger partial charge in [-0.15, -0.1) is 0 Å². The number of piperazine rings is 1. The highest BCUT2D eigenvalue weighted by atomic mass is 16.2. The van der Waals surface area contributed by atoms with E-state index in [-0.39, 0.29) is 5.91 Å². The SMILES string of the molecule is N#Cc1ccc(-c2cc(C(=O)N3CCNCC3)nn2-c2cccnc2)nc1. The molecule has 3 aromatic rings. The van der Waals surface area contributed by atoms with Crippen molar-refractivity contribution in [1.29, 1.82) is 5.26 Å². The van der Waals surface area contributed by atoms with Crippen LogP contribution in [0.2, 0.25) is 0 Å². The maximum atomic E-state index is 12.9. The number of amides is 1. The monoisotopic (exact) mass is 359 g/mol. The molecule has 0 aliphatic carbocycles. The van der Waals surface area contributed by atoms with Gasteiger partial charge in [-0.1, -0.05) is 0 Å². The van der Waals surface area contributed by atoms with Crippen molar-refractivity contribution in [3.63, 3.8) is 0 Å². The minimum Gasteiger partial charge on any atom is -0.335 e. The van der Waals surface area contributed by atoms with Crippen molar-refractivity contribution in [2.45, 2.75) is 0 Å². The molecule has 0 spiro atoms. The van der Waals surface area contributed by atoms with E-state index in [0.29, 0.717) is 35.7 Å². The highest BCUT2D eigenvalue weighted by Crippen LogP contribution is 2.23. The number of hydrogen-bond acceptors (Lipinski definition) is 6. The molecule has 3 aromatic heterocycles. The van der Waals surface area contributed by atoms with Crippen LogP contribution in [0.15, 0.2) is 48.9 Å². The maximum absolute atomic E-state index is 12.9. The molecule has 1 amide bonds. The van der Waals surface area contributed by atoms with Crippen LogP contribution >= 0.6 is 0 Å². The van der Waals surface area contributed by atoms with Gasteiger partial charge >= 0.3 is 0 Å². The van der Waals surface area contributed by atoms with Gasteiger partial charge in [-0.05, 0) is 30.3 Å². The number of nitriles is 1. The van der Waals surface area contributed by atoms with E-state index in [4.69, 9.17) is 5.26 Å². The van der Waals surface area contributed by atoms with Crippen molar-refractivity contribution in [3.8, 4) is 23.1 Å². The molecule has 1 saturated heterocycles. The standard InChI is InChI=1S/C19H17N7O/c20-11-14-3-4-16(23-12-14)18-10-17(19(27)25-8-6-21-7-9-25)24-26(18)15-2-1-5-22-13-15/h1-5,10,12-13,21H,6-9H2. The molecule has 27 heavy (non-hydrogen) atoms. The number of aromatic nitrogens is 4. The molecule has 1 aliphatic heterocycles. The van der Waals surface area contributed by atoms with Crippen LogP contribution in [0.25, 0.3) is 17.1 Å². The predicted molar refractivity (Wildman–Crippen MR) is 98.1 cm³/mol. The topological polar surface area (TPSA) is 99.7 Å². The Kier molecular flexibility index (Phi) is 4.60. The number of hydrogen-bond donors (Lipinski definition) is 1. The highest BCUT2D eigenvalue weighted by Gasteiger charge is 2.23. The Morgan fingerprint density at radius 2 is 2.04 bits per heavy atom. The lowest BCUT2D eigenvalue weighted by molar-refractivity contribution is 0.0729. The van der Waals surface area contributed by atoms with Crippen LogP contribution in [-0.2, 0) is 0 Å². The van der Waals surface area contributed by atoms with Crippen LogP contribution in [0.4, 0.5) is 0 Å². The quantitative estimate of drug-likeness (QED) is 0.755. The first kappa shape index (κ1) is 16.9. The molecule has 0 atom stereocenters. The molecule has 0 saturated carbocycles. The number of pyridine rings is 2. The second-order valence-electron chi connectivity index (χ2n) is 6.12. The van der Waals surface area contributed by atoms with E-state index in [2.05, 4.69) is 26.5 Å². The third-order valence-corrected chi connectivity index (χ3v) is 4.38. The Bertz CT molecular complexity index is 983. The van der Waals surface area contributed by atoms with Gasteiger partial charge in [0.05, 0.1) is 28.8 Å². The first-order chi connectivity index (χ1) is 13.3. The van der Waals surface area contributed by atoms with Crippen LogP contribution in [0.5, 0.6) is 0 Å². The van der Waals surface area contributed by atoms with E-state index in [1.807, 2.05) is 12.1 Å². The average Bonchev–Trinajstić information content (AvgIpc) is 3.20. The molecule has 1 fully saturated rings. The molecule has 134 valence electrons. The molecule has 4 heterocycles. The summed E-state index contributed by atoms with van der Waals surface area (Å²) < 4.78 is 1.66. The highest BCUT2D eigenvalue weighted by molar-refractivity contribution is 5.93. The van der Waals surface area contributed by atoms with Crippen LogP contribution < -0.4 is 5.32 Å². The van der Waals surface area contributed by atoms with Crippen LogP contribution in [0.1, 0.15) is 16.1 Å². The molecule has 8 nitrogen and oxygen atoms in total. The van der Waals surface area contributed by atoms with E-state index in [0.717, 1.165) is 18.8 Å². The van der Waals surface area contributed by atoms with E-state index in [1.165, 1.54) is 6.20 Å². The van der Waals surface area contributed by atoms with Crippen molar-refractivity contribution < 1.29 is 4.79 Å². The molecule has 0 unspecified atom stereocenters. The predicted octanol–water partition coefficient (Wildman–Crippen LogP) is 1.25. The number of nitrogens with one attached hydrogen (secondary N) is 1. The second kappa shape index (κ2) is 7.35. The normalized spacial score (nSPS) is 14.0. The zero-order chi connectivity index (χ0) is 18.6. The molecular weight excluding hydrogens is 342 g/mol. The zero-order valence-corrected chi connectivity index (χ0v) is 14.5. The van der Waals surface area contributed by atoms with Gasteiger partial charge in [0, 0.05) is 38.6 Å². The summed E-state index contributed by atoms with van der Waals surface area (Å²) in [6, 6.07) is 10.9. The first-order valence-corrected chi connectivity index (χ1v) is 8.63. The van der Waals surface area contributed by atoms with Crippen LogP contribution in [-0.4, -0.2) is 56.7 Å². The summed E-state index contributed by atoms with van der Waals surface area (Å²) in [6.45, 7) is 2.87. The third-order valence-electron chi connectivity index (χ3n) is 4.38. The van der Waals surface area contributed by atoms with Gasteiger partial charge < -0.3 is 10.2 Å². The minimum atomic E-state index is -0.103. The smallest absolute Gasteiger partial charge is 0.274 e.